The number of allylic oxidation sites excluding steroid dienone is 3. The number of hydrogen-bond donors (Lipinski definition) is 0. The normalized spacial score (nSPS) is 18.2. The molecule has 0 aromatic rings. The van der Waals surface area contributed by atoms with Gasteiger partial charge >= 0.3 is 0 Å². The lowest BCUT2D eigenvalue weighted by Gasteiger charge is -2.06. The molecule has 0 radical (unpaired) electrons. The standard InChI is InChI=1S/C10H13Cl2N/c1-3-7-5-6-13-10(12)8(4-2)9(7)11/h6H,3-5H2,1-2H3. The molecule has 1 heterocycles. The van der Waals surface area contributed by atoms with Crippen LogP contribution in [-0.2, 0) is 0 Å². The minimum atomic E-state index is 0.538. The van der Waals surface area contributed by atoms with E-state index >= 15 is 0 Å². The van der Waals surface area contributed by atoms with E-state index in [2.05, 4.69) is 11.9 Å². The van der Waals surface area contributed by atoms with Crippen LogP contribution in [0.2, 0.25) is 0 Å². The maximum atomic E-state index is 6.21. The Morgan fingerprint density at radius 1 is 1.31 bits per heavy atom. The lowest BCUT2D eigenvalue weighted by molar-refractivity contribution is 1.03. The quantitative estimate of drug-likeness (QED) is 0.615. The molecule has 0 saturated heterocycles. The van der Waals surface area contributed by atoms with Crippen molar-refractivity contribution < 1.29 is 0 Å². The van der Waals surface area contributed by atoms with Crippen molar-refractivity contribution in [1.29, 1.82) is 0 Å². The second kappa shape index (κ2) is 4.83. The molecule has 0 aromatic carbocycles. The fraction of sp³-hybridized carbons (Fsp3) is 0.500. The van der Waals surface area contributed by atoms with Gasteiger partial charge in [0.1, 0.15) is 5.16 Å². The summed E-state index contributed by atoms with van der Waals surface area (Å²) in [6, 6.07) is 0. The van der Waals surface area contributed by atoms with Crippen LogP contribution in [0.3, 0.4) is 0 Å². The van der Waals surface area contributed by atoms with Gasteiger partial charge in [0, 0.05) is 23.2 Å². The first-order chi connectivity index (χ1) is 6.20. The highest BCUT2D eigenvalue weighted by atomic mass is 35.5. The molecule has 0 fully saturated rings. The Hall–Kier alpha value is -0.270. The lowest BCUT2D eigenvalue weighted by atomic mass is 10.1. The number of hydrogen-bond acceptors (Lipinski definition) is 1. The van der Waals surface area contributed by atoms with Crippen LogP contribution >= 0.6 is 23.2 Å². The summed E-state index contributed by atoms with van der Waals surface area (Å²) in [4.78, 5) is 4.12. The summed E-state index contributed by atoms with van der Waals surface area (Å²) >= 11 is 12.2. The summed E-state index contributed by atoms with van der Waals surface area (Å²) in [6.07, 6.45) is 4.43. The maximum absolute atomic E-state index is 6.21. The van der Waals surface area contributed by atoms with Crippen molar-refractivity contribution in [3.8, 4) is 0 Å². The SMILES string of the molecule is CCC1=C(Cl)C(CC)=C(Cl)N=CC1. The molecule has 13 heavy (non-hydrogen) atoms. The van der Waals surface area contributed by atoms with E-state index < -0.39 is 0 Å². The van der Waals surface area contributed by atoms with Crippen LogP contribution in [0.5, 0.6) is 0 Å². The minimum absolute atomic E-state index is 0.538. The summed E-state index contributed by atoms with van der Waals surface area (Å²) in [7, 11) is 0. The Balaban J connectivity index is 3.14. The molecular formula is C10H13Cl2N. The first-order valence-corrected chi connectivity index (χ1v) is 5.25. The Morgan fingerprint density at radius 2 is 2.00 bits per heavy atom. The van der Waals surface area contributed by atoms with Crippen LogP contribution in [0.15, 0.2) is 26.3 Å². The molecule has 0 aliphatic carbocycles. The fourth-order valence-electron chi connectivity index (χ4n) is 1.31. The first-order valence-electron chi connectivity index (χ1n) is 4.49. The van der Waals surface area contributed by atoms with Gasteiger partial charge in [-0.25, -0.2) is 4.99 Å². The predicted octanol–water partition coefficient (Wildman–Crippen LogP) is 4.22. The Morgan fingerprint density at radius 3 is 2.54 bits per heavy atom. The molecule has 1 nitrogen and oxygen atoms in total. The third-order valence-electron chi connectivity index (χ3n) is 2.15. The Bertz CT molecular complexity index is 287. The molecule has 0 aromatic heterocycles. The maximum Gasteiger partial charge on any atom is 0.133 e. The highest BCUT2D eigenvalue weighted by molar-refractivity contribution is 6.36. The van der Waals surface area contributed by atoms with Gasteiger partial charge < -0.3 is 0 Å². The van der Waals surface area contributed by atoms with Crippen molar-refractivity contribution in [3.05, 3.63) is 21.3 Å². The van der Waals surface area contributed by atoms with Gasteiger partial charge in [-0.05, 0) is 18.4 Å². The zero-order valence-corrected chi connectivity index (χ0v) is 9.41. The van der Waals surface area contributed by atoms with Gasteiger partial charge in [0.15, 0.2) is 0 Å². The van der Waals surface area contributed by atoms with Crippen molar-refractivity contribution in [1.82, 2.24) is 0 Å². The number of aliphatic imine (C=N–C) groups is 1. The van der Waals surface area contributed by atoms with Crippen molar-refractivity contribution >= 4 is 29.4 Å². The van der Waals surface area contributed by atoms with Gasteiger partial charge in [-0.15, -0.1) is 0 Å². The molecule has 0 saturated carbocycles. The van der Waals surface area contributed by atoms with Gasteiger partial charge in [0.2, 0.25) is 0 Å². The lowest BCUT2D eigenvalue weighted by Crippen LogP contribution is -1.89. The van der Waals surface area contributed by atoms with E-state index in [9.17, 15) is 0 Å². The van der Waals surface area contributed by atoms with E-state index in [4.69, 9.17) is 23.2 Å². The van der Waals surface area contributed by atoms with E-state index in [-0.39, 0.29) is 0 Å². The van der Waals surface area contributed by atoms with Crippen LogP contribution in [0.1, 0.15) is 33.1 Å². The summed E-state index contributed by atoms with van der Waals surface area (Å²) in [5.74, 6) is 0. The third-order valence-corrected chi connectivity index (χ3v) is 2.97. The first kappa shape index (κ1) is 10.8. The summed E-state index contributed by atoms with van der Waals surface area (Å²) in [5.41, 5.74) is 2.19. The van der Waals surface area contributed by atoms with Gasteiger partial charge in [0.25, 0.3) is 0 Å². The summed E-state index contributed by atoms with van der Waals surface area (Å²) < 4.78 is 0. The van der Waals surface area contributed by atoms with E-state index in [1.165, 1.54) is 5.57 Å². The highest BCUT2D eigenvalue weighted by Gasteiger charge is 2.12. The Kier molecular flexibility index (Phi) is 4.01. The number of rotatable bonds is 2. The molecule has 0 amide bonds. The molecule has 0 N–H and O–H groups in total. The van der Waals surface area contributed by atoms with Crippen LogP contribution in [-0.4, -0.2) is 6.21 Å². The second-order valence-corrected chi connectivity index (χ2v) is 3.65. The summed E-state index contributed by atoms with van der Waals surface area (Å²) in [6.45, 7) is 4.13. The van der Waals surface area contributed by atoms with Crippen molar-refractivity contribution in [3.63, 3.8) is 0 Å². The average molecular weight is 218 g/mol. The predicted molar refractivity (Wildman–Crippen MR) is 59.4 cm³/mol. The third kappa shape index (κ3) is 2.35. The van der Waals surface area contributed by atoms with Gasteiger partial charge in [-0.1, -0.05) is 37.0 Å². The summed E-state index contributed by atoms with van der Waals surface area (Å²) in [5, 5.41) is 1.35. The molecular weight excluding hydrogens is 205 g/mol. The van der Waals surface area contributed by atoms with E-state index in [0.29, 0.717) is 5.16 Å². The van der Waals surface area contributed by atoms with Gasteiger partial charge in [-0.2, -0.15) is 0 Å². The van der Waals surface area contributed by atoms with Crippen molar-refractivity contribution in [2.24, 2.45) is 4.99 Å². The topological polar surface area (TPSA) is 12.4 Å². The zero-order valence-electron chi connectivity index (χ0n) is 7.90. The van der Waals surface area contributed by atoms with Gasteiger partial charge in [0.05, 0.1) is 0 Å². The van der Waals surface area contributed by atoms with Gasteiger partial charge in [-0.3, -0.25) is 0 Å². The molecule has 3 heteroatoms. The molecule has 0 spiro atoms. The highest BCUT2D eigenvalue weighted by Crippen LogP contribution is 2.31. The molecule has 72 valence electrons. The minimum Gasteiger partial charge on any atom is -0.248 e. The van der Waals surface area contributed by atoms with E-state index in [0.717, 1.165) is 29.9 Å². The molecule has 0 atom stereocenters. The second-order valence-electron chi connectivity index (χ2n) is 2.91. The fourth-order valence-corrected chi connectivity index (χ4v) is 2.09. The molecule has 0 bridgehead atoms. The number of nitrogens with zero attached hydrogens (tertiary/aromatic N) is 1. The smallest absolute Gasteiger partial charge is 0.133 e. The van der Waals surface area contributed by atoms with Crippen LogP contribution < -0.4 is 0 Å². The van der Waals surface area contributed by atoms with E-state index in [1.54, 1.807) is 0 Å². The van der Waals surface area contributed by atoms with Crippen LogP contribution in [0, 0.1) is 0 Å². The van der Waals surface area contributed by atoms with Crippen molar-refractivity contribution in [2.75, 3.05) is 0 Å². The monoisotopic (exact) mass is 217 g/mol. The molecule has 1 rings (SSSR count). The molecule has 0 unspecified atom stereocenters. The zero-order chi connectivity index (χ0) is 9.84. The van der Waals surface area contributed by atoms with Crippen LogP contribution in [0.25, 0.3) is 0 Å². The largest absolute Gasteiger partial charge is 0.248 e. The van der Waals surface area contributed by atoms with E-state index in [1.807, 2.05) is 13.1 Å². The molecule has 1 aliphatic rings. The number of halogens is 2. The molecule has 1 aliphatic heterocycles. The van der Waals surface area contributed by atoms with Crippen molar-refractivity contribution in [2.45, 2.75) is 33.1 Å². The average Bonchev–Trinajstić information content (AvgIpc) is 2.25. The van der Waals surface area contributed by atoms with Crippen LogP contribution in [0.4, 0.5) is 0 Å². The Labute approximate surface area is 89.1 Å².